The topological polar surface area (TPSA) is 81.5 Å². The van der Waals surface area contributed by atoms with Gasteiger partial charge < -0.3 is 4.74 Å². The average molecular weight is 317 g/mol. The van der Waals surface area contributed by atoms with E-state index in [1.54, 1.807) is 19.1 Å². The third kappa shape index (κ3) is 2.10. The first kappa shape index (κ1) is 14.9. The lowest BCUT2D eigenvalue weighted by Crippen LogP contribution is -2.30. The first-order chi connectivity index (χ1) is 11.0. The van der Waals surface area contributed by atoms with E-state index in [4.69, 9.17) is 4.74 Å². The van der Waals surface area contributed by atoms with Gasteiger partial charge >= 0.3 is 5.97 Å². The fourth-order valence-corrected chi connectivity index (χ4v) is 2.37. The number of nitrogens with zero attached hydrogens (tertiary/aromatic N) is 3. The van der Waals surface area contributed by atoms with E-state index in [1.807, 2.05) is 0 Å². The predicted octanol–water partition coefficient (Wildman–Crippen LogP) is 1.54. The largest absolute Gasteiger partial charge is 0.460 e. The maximum absolute atomic E-state index is 14.4. The maximum atomic E-state index is 14.4. The summed E-state index contributed by atoms with van der Waals surface area (Å²) in [6, 6.07) is 6.16. The number of anilines is 1. The highest BCUT2D eigenvalue weighted by atomic mass is 19.1. The van der Waals surface area contributed by atoms with Gasteiger partial charge in [-0.3, -0.25) is 14.2 Å². The van der Waals surface area contributed by atoms with Gasteiger partial charge in [0.1, 0.15) is 0 Å². The summed E-state index contributed by atoms with van der Waals surface area (Å²) in [5.74, 6) is -4.01. The number of carbonyl (C=O) groups excluding carboxylic acids is 3. The molecule has 0 N–H and O–H groups in total. The van der Waals surface area contributed by atoms with Crippen LogP contribution in [0.3, 0.4) is 0 Å². The summed E-state index contributed by atoms with van der Waals surface area (Å²) in [5.41, 5.74) is 0.334. The zero-order valence-corrected chi connectivity index (χ0v) is 12.4. The van der Waals surface area contributed by atoms with Gasteiger partial charge in [0.25, 0.3) is 11.8 Å². The highest BCUT2D eigenvalue weighted by Crippen LogP contribution is 2.29. The average Bonchev–Trinajstić information content (AvgIpc) is 2.96. The number of hydrogen-bond acceptors (Lipinski definition) is 5. The third-order valence-corrected chi connectivity index (χ3v) is 3.47. The van der Waals surface area contributed by atoms with Crippen LogP contribution in [0.15, 0.2) is 24.3 Å². The monoisotopic (exact) mass is 317 g/mol. The number of imide groups is 1. The van der Waals surface area contributed by atoms with Crippen molar-refractivity contribution in [3.05, 3.63) is 47.2 Å². The standard InChI is InChI=1S/C15H12FN3O4/c1-3-23-15(22)12-17-11(10(16)18(12)2)19-13(20)8-6-4-5-7-9(8)14(19)21/h4-7H,3H2,1-2H3. The first-order valence-electron chi connectivity index (χ1n) is 6.84. The van der Waals surface area contributed by atoms with Crippen LogP contribution >= 0.6 is 0 Å². The van der Waals surface area contributed by atoms with E-state index in [2.05, 4.69) is 4.98 Å². The van der Waals surface area contributed by atoms with E-state index in [1.165, 1.54) is 19.2 Å². The molecular formula is C15H12FN3O4. The zero-order chi connectivity index (χ0) is 16.7. The van der Waals surface area contributed by atoms with Crippen LogP contribution in [0.25, 0.3) is 0 Å². The Labute approximate surface area is 130 Å². The fraction of sp³-hybridized carbons (Fsp3) is 0.200. The van der Waals surface area contributed by atoms with E-state index in [0.29, 0.717) is 4.90 Å². The molecule has 0 aliphatic carbocycles. The van der Waals surface area contributed by atoms with Crippen molar-refractivity contribution >= 4 is 23.6 Å². The number of ether oxygens (including phenoxy) is 1. The Hall–Kier alpha value is -3.03. The maximum Gasteiger partial charge on any atom is 0.374 e. The van der Waals surface area contributed by atoms with Gasteiger partial charge in [-0.25, -0.2) is 14.7 Å². The molecule has 1 aromatic heterocycles. The van der Waals surface area contributed by atoms with Gasteiger partial charge in [-0.2, -0.15) is 4.39 Å². The van der Waals surface area contributed by atoms with Gasteiger partial charge in [0.15, 0.2) is 5.82 Å². The van der Waals surface area contributed by atoms with E-state index in [0.717, 1.165) is 4.57 Å². The lowest BCUT2D eigenvalue weighted by molar-refractivity contribution is 0.0506. The summed E-state index contributed by atoms with van der Waals surface area (Å²) in [6.07, 6.45) is 0. The zero-order valence-electron chi connectivity index (χ0n) is 12.4. The molecular weight excluding hydrogens is 305 g/mol. The quantitative estimate of drug-likeness (QED) is 0.633. The molecule has 1 aliphatic heterocycles. The molecule has 8 heteroatoms. The van der Waals surface area contributed by atoms with E-state index in [-0.39, 0.29) is 23.6 Å². The minimum Gasteiger partial charge on any atom is -0.460 e. The normalized spacial score (nSPS) is 13.4. The van der Waals surface area contributed by atoms with Gasteiger partial charge in [-0.15, -0.1) is 0 Å². The molecule has 0 spiro atoms. The number of imidazole rings is 1. The number of carbonyl (C=O) groups is 3. The number of rotatable bonds is 3. The molecule has 0 fully saturated rings. The van der Waals surface area contributed by atoms with Crippen molar-refractivity contribution in [1.82, 2.24) is 9.55 Å². The van der Waals surface area contributed by atoms with Crippen LogP contribution in [0.5, 0.6) is 0 Å². The highest BCUT2D eigenvalue weighted by molar-refractivity contribution is 6.34. The van der Waals surface area contributed by atoms with Crippen molar-refractivity contribution in [2.75, 3.05) is 11.5 Å². The Kier molecular flexibility index (Phi) is 3.44. The number of hydrogen-bond donors (Lipinski definition) is 0. The van der Waals surface area contributed by atoms with Crippen LogP contribution in [0.1, 0.15) is 38.3 Å². The number of esters is 1. The molecule has 2 amide bonds. The fourth-order valence-electron chi connectivity index (χ4n) is 2.37. The molecule has 2 aromatic rings. The molecule has 7 nitrogen and oxygen atoms in total. The Bertz CT molecular complexity index is 808. The Balaban J connectivity index is 2.07. The Morgan fingerprint density at radius 2 is 1.78 bits per heavy atom. The lowest BCUT2D eigenvalue weighted by atomic mass is 10.1. The Morgan fingerprint density at radius 1 is 1.22 bits per heavy atom. The van der Waals surface area contributed by atoms with Crippen molar-refractivity contribution in [2.45, 2.75) is 6.92 Å². The number of amides is 2. The number of aromatic nitrogens is 2. The van der Waals surface area contributed by atoms with Crippen LogP contribution < -0.4 is 4.90 Å². The highest BCUT2D eigenvalue weighted by Gasteiger charge is 2.40. The molecule has 0 radical (unpaired) electrons. The third-order valence-electron chi connectivity index (χ3n) is 3.47. The van der Waals surface area contributed by atoms with Crippen LogP contribution in [0.2, 0.25) is 0 Å². The summed E-state index contributed by atoms with van der Waals surface area (Å²) in [4.78, 5) is 40.9. The van der Waals surface area contributed by atoms with Crippen LogP contribution in [0.4, 0.5) is 10.2 Å². The van der Waals surface area contributed by atoms with Crippen LogP contribution in [0, 0.1) is 5.95 Å². The van der Waals surface area contributed by atoms with Crippen molar-refractivity contribution in [2.24, 2.45) is 7.05 Å². The number of benzene rings is 1. The van der Waals surface area contributed by atoms with E-state index >= 15 is 0 Å². The minimum atomic E-state index is -0.970. The number of halogens is 1. The van der Waals surface area contributed by atoms with Crippen molar-refractivity contribution in [3.63, 3.8) is 0 Å². The van der Waals surface area contributed by atoms with E-state index < -0.39 is 29.5 Å². The van der Waals surface area contributed by atoms with Gasteiger partial charge in [0.2, 0.25) is 11.8 Å². The first-order valence-corrected chi connectivity index (χ1v) is 6.84. The predicted molar refractivity (Wildman–Crippen MR) is 76.7 cm³/mol. The lowest BCUT2D eigenvalue weighted by Gasteiger charge is -2.09. The molecule has 0 atom stereocenters. The second kappa shape index (κ2) is 5.31. The summed E-state index contributed by atoms with van der Waals surface area (Å²) in [6.45, 7) is 1.69. The molecule has 23 heavy (non-hydrogen) atoms. The van der Waals surface area contributed by atoms with Gasteiger partial charge in [0.05, 0.1) is 17.7 Å². The molecule has 0 bridgehead atoms. The molecule has 0 unspecified atom stereocenters. The molecule has 1 aromatic carbocycles. The number of fused-ring (bicyclic) bond motifs is 1. The summed E-state index contributed by atoms with van der Waals surface area (Å²) < 4.78 is 20.0. The van der Waals surface area contributed by atoms with E-state index in [9.17, 15) is 18.8 Å². The SMILES string of the molecule is CCOC(=O)c1nc(N2C(=O)c3ccccc3C2=O)c(F)n1C. The van der Waals surface area contributed by atoms with Crippen LogP contribution in [-0.2, 0) is 11.8 Å². The molecule has 0 saturated heterocycles. The second-order valence-electron chi connectivity index (χ2n) is 4.82. The Morgan fingerprint density at radius 3 is 2.30 bits per heavy atom. The molecule has 3 rings (SSSR count). The summed E-state index contributed by atoms with van der Waals surface area (Å²) in [7, 11) is 1.26. The van der Waals surface area contributed by atoms with Crippen molar-refractivity contribution in [3.8, 4) is 0 Å². The summed E-state index contributed by atoms with van der Waals surface area (Å²) >= 11 is 0. The second-order valence-corrected chi connectivity index (χ2v) is 4.82. The van der Waals surface area contributed by atoms with Gasteiger partial charge in [-0.05, 0) is 19.1 Å². The summed E-state index contributed by atoms with van der Waals surface area (Å²) in [5, 5.41) is 0. The van der Waals surface area contributed by atoms with Crippen molar-refractivity contribution in [1.29, 1.82) is 0 Å². The molecule has 2 heterocycles. The van der Waals surface area contributed by atoms with Gasteiger partial charge in [-0.1, -0.05) is 12.1 Å². The minimum absolute atomic E-state index is 0.0929. The molecule has 0 saturated carbocycles. The molecule has 118 valence electrons. The van der Waals surface area contributed by atoms with Crippen molar-refractivity contribution < 1.29 is 23.5 Å². The van der Waals surface area contributed by atoms with Gasteiger partial charge in [0, 0.05) is 7.05 Å². The smallest absolute Gasteiger partial charge is 0.374 e. The molecule has 1 aliphatic rings. The van der Waals surface area contributed by atoms with Crippen LogP contribution in [-0.4, -0.2) is 33.9 Å².